The van der Waals surface area contributed by atoms with E-state index in [0.717, 1.165) is 38.6 Å². The fourth-order valence-electron chi connectivity index (χ4n) is 3.53. The number of aliphatic hydroxyl groups is 1. The highest BCUT2D eigenvalue weighted by molar-refractivity contribution is 14.0. The van der Waals surface area contributed by atoms with Crippen LogP contribution in [-0.4, -0.2) is 54.8 Å². The average molecular weight is 529 g/mol. The van der Waals surface area contributed by atoms with E-state index in [2.05, 4.69) is 75.5 Å². The number of aliphatic hydroxyl groups excluding tert-OH is 1. The van der Waals surface area contributed by atoms with Gasteiger partial charge in [-0.15, -0.1) is 24.0 Å². The molecule has 2 unspecified atom stereocenters. The maximum atomic E-state index is 10.5. The number of benzene rings is 1. The summed E-state index contributed by atoms with van der Waals surface area (Å²) < 4.78 is 0. The quantitative estimate of drug-likeness (QED) is 0.279. The maximum absolute atomic E-state index is 10.5. The second-order valence-corrected chi connectivity index (χ2v) is 8.25. The van der Waals surface area contributed by atoms with Crippen LogP contribution in [-0.2, 0) is 13.0 Å². The van der Waals surface area contributed by atoms with E-state index in [1.807, 2.05) is 0 Å². The third kappa shape index (κ3) is 7.55. The molecule has 1 aromatic carbocycles. The largest absolute Gasteiger partial charge is 0.390 e. The predicted octanol–water partition coefficient (Wildman–Crippen LogP) is 3.44. The van der Waals surface area contributed by atoms with Crippen LogP contribution >= 0.6 is 35.3 Å². The molecule has 3 rings (SSSR count). The molecular weight excluding hydrogens is 495 g/mol. The Kier molecular flexibility index (Phi) is 10.4. The van der Waals surface area contributed by atoms with Crippen molar-refractivity contribution in [2.75, 3.05) is 32.7 Å². The second-order valence-electron chi connectivity index (χ2n) is 7.47. The molecule has 0 saturated carbocycles. The molecule has 1 aromatic heterocycles. The fraction of sp³-hybridized carbons (Fsp3) is 0.500. The molecule has 7 heteroatoms. The van der Waals surface area contributed by atoms with Crippen LogP contribution in [0.3, 0.4) is 0 Å². The van der Waals surface area contributed by atoms with Crippen molar-refractivity contribution in [1.82, 2.24) is 15.5 Å². The number of β-amino-alcohol motifs (C(OH)–C–C–N with tert-alkyl or cyclic N) is 1. The highest BCUT2D eigenvalue weighted by Gasteiger charge is 2.18. The number of halogens is 1. The number of fused-ring (bicyclic) bond motifs is 1. The number of aliphatic imine (C=N–C) groups is 1. The Balaban J connectivity index is 0.00000300. The van der Waals surface area contributed by atoms with E-state index in [-0.39, 0.29) is 24.0 Å². The molecule has 2 heterocycles. The smallest absolute Gasteiger partial charge is 0.191 e. The summed E-state index contributed by atoms with van der Waals surface area (Å²) in [7, 11) is 0. The van der Waals surface area contributed by atoms with Crippen molar-refractivity contribution in [3.63, 3.8) is 0 Å². The Labute approximate surface area is 195 Å². The summed E-state index contributed by atoms with van der Waals surface area (Å²) in [4.78, 5) is 6.92. The molecule has 0 amide bonds. The van der Waals surface area contributed by atoms with Crippen molar-refractivity contribution in [3.8, 4) is 0 Å². The zero-order valence-electron chi connectivity index (χ0n) is 17.3. The molecule has 160 valence electrons. The van der Waals surface area contributed by atoms with E-state index < -0.39 is 6.10 Å². The van der Waals surface area contributed by atoms with Gasteiger partial charge in [-0.25, -0.2) is 0 Å². The van der Waals surface area contributed by atoms with Gasteiger partial charge in [0.25, 0.3) is 0 Å². The minimum Gasteiger partial charge on any atom is -0.390 e. The van der Waals surface area contributed by atoms with Gasteiger partial charge in [-0.2, -0.15) is 11.3 Å². The Bertz CT molecular complexity index is 753. The molecule has 1 aliphatic heterocycles. The molecule has 0 fully saturated rings. The second kappa shape index (κ2) is 12.5. The predicted molar refractivity (Wildman–Crippen MR) is 134 cm³/mol. The van der Waals surface area contributed by atoms with Crippen molar-refractivity contribution < 1.29 is 5.11 Å². The van der Waals surface area contributed by atoms with Crippen LogP contribution < -0.4 is 10.6 Å². The zero-order valence-corrected chi connectivity index (χ0v) is 20.5. The Morgan fingerprint density at radius 1 is 1.24 bits per heavy atom. The van der Waals surface area contributed by atoms with Gasteiger partial charge in [0, 0.05) is 32.7 Å². The van der Waals surface area contributed by atoms with Gasteiger partial charge >= 0.3 is 0 Å². The van der Waals surface area contributed by atoms with Gasteiger partial charge in [-0.05, 0) is 52.8 Å². The molecule has 0 aliphatic carbocycles. The van der Waals surface area contributed by atoms with Crippen molar-refractivity contribution in [3.05, 3.63) is 57.8 Å². The highest BCUT2D eigenvalue weighted by Crippen LogP contribution is 2.19. The summed E-state index contributed by atoms with van der Waals surface area (Å²) in [5.41, 5.74) is 4.16. The number of hydrogen-bond acceptors (Lipinski definition) is 4. The van der Waals surface area contributed by atoms with E-state index in [9.17, 15) is 5.11 Å². The number of thiophene rings is 1. The Hall–Kier alpha value is -1.16. The molecule has 0 bridgehead atoms. The molecule has 3 N–H and O–H groups in total. The van der Waals surface area contributed by atoms with E-state index in [1.54, 1.807) is 11.3 Å². The lowest BCUT2D eigenvalue weighted by atomic mass is 10.00. The van der Waals surface area contributed by atoms with Crippen LogP contribution in [0, 0.1) is 0 Å². The van der Waals surface area contributed by atoms with Gasteiger partial charge < -0.3 is 15.7 Å². The van der Waals surface area contributed by atoms with Crippen LogP contribution in [0.1, 0.15) is 36.5 Å². The first-order chi connectivity index (χ1) is 13.7. The van der Waals surface area contributed by atoms with E-state index in [1.165, 1.54) is 16.7 Å². The summed E-state index contributed by atoms with van der Waals surface area (Å²) in [5, 5.41) is 21.5. The fourth-order valence-corrected chi connectivity index (χ4v) is 4.31. The lowest BCUT2D eigenvalue weighted by molar-refractivity contribution is 0.111. The summed E-state index contributed by atoms with van der Waals surface area (Å²) in [6.07, 6.45) is 0.589. The van der Waals surface area contributed by atoms with Crippen LogP contribution in [0.5, 0.6) is 0 Å². The lowest BCUT2D eigenvalue weighted by Gasteiger charge is -2.30. The van der Waals surface area contributed by atoms with Gasteiger partial charge in [0.05, 0.1) is 12.6 Å². The molecular formula is C22H33IN4OS. The maximum Gasteiger partial charge on any atom is 0.191 e. The lowest BCUT2D eigenvalue weighted by Crippen LogP contribution is -2.41. The van der Waals surface area contributed by atoms with Crippen molar-refractivity contribution >= 4 is 41.3 Å². The van der Waals surface area contributed by atoms with Crippen molar-refractivity contribution in [1.29, 1.82) is 0 Å². The summed E-state index contributed by atoms with van der Waals surface area (Å²) in [6, 6.07) is 10.8. The monoisotopic (exact) mass is 528 g/mol. The van der Waals surface area contributed by atoms with Crippen LogP contribution in [0.15, 0.2) is 46.1 Å². The molecule has 0 radical (unpaired) electrons. The molecule has 0 saturated heterocycles. The number of nitrogens with one attached hydrogen (secondary N) is 2. The molecule has 2 atom stereocenters. The molecule has 29 heavy (non-hydrogen) atoms. The molecule has 1 aliphatic rings. The first-order valence-corrected chi connectivity index (χ1v) is 11.1. The number of hydrogen-bond donors (Lipinski definition) is 3. The summed E-state index contributed by atoms with van der Waals surface area (Å²) in [5.74, 6) is 1.20. The van der Waals surface area contributed by atoms with Crippen LogP contribution in [0.25, 0.3) is 0 Å². The number of guanidine groups is 1. The summed E-state index contributed by atoms with van der Waals surface area (Å²) >= 11 is 1.73. The third-order valence-corrected chi connectivity index (χ3v) is 5.87. The zero-order chi connectivity index (χ0) is 19.8. The third-order valence-electron chi connectivity index (χ3n) is 5.17. The average Bonchev–Trinajstić information content (AvgIpc) is 3.25. The summed E-state index contributed by atoms with van der Waals surface area (Å²) in [6.45, 7) is 8.85. The first-order valence-electron chi connectivity index (χ1n) is 10.2. The Morgan fingerprint density at radius 2 is 2.03 bits per heavy atom. The first kappa shape index (κ1) is 24.1. The highest BCUT2D eigenvalue weighted by atomic mass is 127. The van der Waals surface area contributed by atoms with E-state index in [0.29, 0.717) is 19.0 Å². The Morgan fingerprint density at radius 3 is 2.76 bits per heavy atom. The van der Waals surface area contributed by atoms with Crippen LogP contribution in [0.2, 0.25) is 0 Å². The van der Waals surface area contributed by atoms with E-state index >= 15 is 0 Å². The van der Waals surface area contributed by atoms with Gasteiger partial charge in [0.2, 0.25) is 0 Å². The van der Waals surface area contributed by atoms with E-state index in [4.69, 9.17) is 0 Å². The van der Waals surface area contributed by atoms with Crippen molar-refractivity contribution in [2.45, 2.75) is 38.8 Å². The molecule has 2 aromatic rings. The van der Waals surface area contributed by atoms with Crippen LogP contribution in [0.4, 0.5) is 0 Å². The number of nitrogens with zero attached hydrogens (tertiary/aromatic N) is 2. The van der Waals surface area contributed by atoms with Gasteiger partial charge in [-0.3, -0.25) is 9.89 Å². The molecule has 0 spiro atoms. The minimum atomic E-state index is -0.463. The van der Waals surface area contributed by atoms with Gasteiger partial charge in [0.1, 0.15) is 0 Å². The molecule has 5 nitrogen and oxygen atoms in total. The van der Waals surface area contributed by atoms with Crippen molar-refractivity contribution in [2.24, 2.45) is 4.99 Å². The normalized spacial score (nSPS) is 16.4. The standard InChI is InChI=1S/C22H32N4OS.HI/c1-3-23-22(24-12-17(2)20-9-11-28-16-20)25-13-21(27)15-26-10-8-18-6-4-5-7-19(18)14-26;/h4-7,9,11,16-17,21,27H,3,8,10,12-15H2,1-2H3,(H2,23,24,25);1H. The SMILES string of the molecule is CCNC(=NCC(O)CN1CCc2ccccc2C1)NCC(C)c1ccsc1.I. The minimum absolute atomic E-state index is 0. The number of rotatable bonds is 8. The van der Waals surface area contributed by atoms with Gasteiger partial charge in [0.15, 0.2) is 5.96 Å². The van der Waals surface area contributed by atoms with Gasteiger partial charge in [-0.1, -0.05) is 31.2 Å². The topological polar surface area (TPSA) is 59.9 Å².